The summed E-state index contributed by atoms with van der Waals surface area (Å²) in [5.41, 5.74) is 5.89. The molecule has 2 unspecified atom stereocenters. The van der Waals surface area contributed by atoms with E-state index in [0.717, 1.165) is 31.7 Å². The van der Waals surface area contributed by atoms with E-state index in [-0.39, 0.29) is 11.7 Å². The van der Waals surface area contributed by atoms with E-state index in [4.69, 9.17) is 5.73 Å². The maximum absolute atomic E-state index is 13.1. The Morgan fingerprint density at radius 3 is 2.84 bits per heavy atom. The second-order valence-electron chi connectivity index (χ2n) is 4.95. The molecule has 0 spiro atoms. The third-order valence-electron chi connectivity index (χ3n) is 3.71. The first-order valence-electron chi connectivity index (χ1n) is 6.52. The molecule has 1 aromatic carbocycles. The van der Waals surface area contributed by atoms with E-state index in [0.29, 0.717) is 18.2 Å². The Morgan fingerprint density at radius 2 is 2.16 bits per heavy atom. The average molecular weight is 267 g/mol. The van der Waals surface area contributed by atoms with Crippen LogP contribution in [0.25, 0.3) is 0 Å². The Morgan fingerprint density at radius 1 is 1.42 bits per heavy atom. The van der Waals surface area contributed by atoms with Crippen LogP contribution < -0.4 is 11.1 Å². The lowest BCUT2D eigenvalue weighted by atomic mass is 9.84. The number of nitrogens with one attached hydrogen (secondary N) is 1. The summed E-state index contributed by atoms with van der Waals surface area (Å²) in [5, 5.41) is 14.1. The Bertz CT molecular complexity index is 467. The molecule has 2 atom stereocenters. The maximum atomic E-state index is 13.1. The van der Waals surface area contributed by atoms with Crippen molar-refractivity contribution in [2.75, 3.05) is 11.9 Å². The van der Waals surface area contributed by atoms with Gasteiger partial charge in [-0.25, -0.2) is 4.39 Å². The summed E-state index contributed by atoms with van der Waals surface area (Å²) in [6.45, 7) is 0.562. The molecular weight excluding hydrogens is 249 g/mol. The number of rotatable bonds is 4. The Hall–Kier alpha value is -1.69. The molecule has 0 bridgehead atoms. The van der Waals surface area contributed by atoms with Crippen molar-refractivity contribution in [1.29, 1.82) is 0 Å². The fraction of sp³-hybridized carbons (Fsp3) is 0.538. The number of nitrogens with two attached hydrogens (primary N) is 1. The highest BCUT2D eigenvalue weighted by Crippen LogP contribution is 2.31. The summed E-state index contributed by atoms with van der Waals surface area (Å²) >= 11 is 0. The first-order chi connectivity index (χ1) is 9.11. The van der Waals surface area contributed by atoms with Gasteiger partial charge in [0.25, 0.3) is 5.69 Å². The van der Waals surface area contributed by atoms with Gasteiger partial charge in [-0.15, -0.1) is 0 Å². The van der Waals surface area contributed by atoms with Crippen LogP contribution in [0.5, 0.6) is 0 Å². The number of hydrogen-bond donors (Lipinski definition) is 2. The molecule has 1 aliphatic carbocycles. The molecular formula is C13H18FN3O2. The van der Waals surface area contributed by atoms with Gasteiger partial charge in [-0.05, 0) is 37.4 Å². The second kappa shape index (κ2) is 5.97. The fourth-order valence-electron chi connectivity index (χ4n) is 2.66. The van der Waals surface area contributed by atoms with Gasteiger partial charge < -0.3 is 11.1 Å². The van der Waals surface area contributed by atoms with Crippen molar-refractivity contribution in [2.24, 2.45) is 11.7 Å². The topological polar surface area (TPSA) is 81.2 Å². The van der Waals surface area contributed by atoms with Crippen molar-refractivity contribution in [3.8, 4) is 0 Å². The standard InChI is InChI=1S/C13H18FN3O2/c14-10-5-6-12(13(7-10)17(18)19)16-11-4-2-1-3-9(11)8-15/h5-7,9,11,16H,1-4,8,15H2. The third-order valence-corrected chi connectivity index (χ3v) is 3.71. The van der Waals surface area contributed by atoms with E-state index in [9.17, 15) is 14.5 Å². The molecule has 5 nitrogen and oxygen atoms in total. The van der Waals surface area contributed by atoms with E-state index in [2.05, 4.69) is 5.32 Å². The molecule has 1 fully saturated rings. The van der Waals surface area contributed by atoms with Crippen molar-refractivity contribution in [3.63, 3.8) is 0 Å². The summed E-state index contributed by atoms with van der Waals surface area (Å²) in [4.78, 5) is 10.4. The lowest BCUT2D eigenvalue weighted by Gasteiger charge is -2.31. The predicted octanol–water partition coefficient (Wildman–Crippen LogP) is 2.66. The molecule has 3 N–H and O–H groups in total. The molecule has 0 aromatic heterocycles. The number of nitrogens with zero attached hydrogens (tertiary/aromatic N) is 1. The van der Waals surface area contributed by atoms with Crippen LogP contribution in [-0.2, 0) is 0 Å². The highest BCUT2D eigenvalue weighted by atomic mass is 19.1. The number of hydrogen-bond acceptors (Lipinski definition) is 4. The average Bonchev–Trinajstić information content (AvgIpc) is 2.41. The van der Waals surface area contributed by atoms with Crippen LogP contribution in [0.4, 0.5) is 15.8 Å². The van der Waals surface area contributed by atoms with Gasteiger partial charge in [0.1, 0.15) is 11.5 Å². The lowest BCUT2D eigenvalue weighted by molar-refractivity contribution is -0.384. The second-order valence-corrected chi connectivity index (χ2v) is 4.95. The van der Waals surface area contributed by atoms with Gasteiger partial charge in [0.2, 0.25) is 0 Å². The van der Waals surface area contributed by atoms with Crippen molar-refractivity contribution in [1.82, 2.24) is 0 Å². The van der Waals surface area contributed by atoms with Crippen LogP contribution in [0.3, 0.4) is 0 Å². The summed E-state index contributed by atoms with van der Waals surface area (Å²) in [5.74, 6) is -0.283. The van der Waals surface area contributed by atoms with Gasteiger partial charge in [-0.3, -0.25) is 10.1 Å². The molecule has 0 amide bonds. The number of benzene rings is 1. The van der Waals surface area contributed by atoms with Crippen LogP contribution in [0.2, 0.25) is 0 Å². The number of halogens is 1. The Kier molecular flexibility index (Phi) is 4.31. The summed E-state index contributed by atoms with van der Waals surface area (Å²) in [6, 6.07) is 3.73. The zero-order valence-corrected chi connectivity index (χ0v) is 10.6. The minimum atomic E-state index is -0.601. The molecule has 6 heteroatoms. The van der Waals surface area contributed by atoms with E-state index < -0.39 is 10.7 Å². The molecule has 19 heavy (non-hydrogen) atoms. The minimum absolute atomic E-state index is 0.128. The Balaban J connectivity index is 2.20. The minimum Gasteiger partial charge on any atom is -0.376 e. The number of nitro groups is 1. The summed E-state index contributed by atoms with van der Waals surface area (Å²) in [6.07, 6.45) is 4.20. The van der Waals surface area contributed by atoms with E-state index >= 15 is 0 Å². The lowest BCUT2D eigenvalue weighted by Crippen LogP contribution is -2.36. The maximum Gasteiger partial charge on any atom is 0.295 e. The van der Waals surface area contributed by atoms with Crippen LogP contribution in [0.1, 0.15) is 25.7 Å². The zero-order valence-electron chi connectivity index (χ0n) is 10.6. The number of nitro benzene ring substituents is 1. The van der Waals surface area contributed by atoms with E-state index in [1.165, 1.54) is 12.1 Å². The quantitative estimate of drug-likeness (QED) is 0.649. The van der Waals surface area contributed by atoms with Crippen molar-refractivity contribution < 1.29 is 9.31 Å². The number of anilines is 1. The first-order valence-corrected chi connectivity index (χ1v) is 6.52. The molecule has 0 radical (unpaired) electrons. The predicted molar refractivity (Wildman–Crippen MR) is 71.5 cm³/mol. The third kappa shape index (κ3) is 3.20. The molecule has 1 saturated carbocycles. The van der Waals surface area contributed by atoms with Gasteiger partial charge in [0.05, 0.1) is 11.0 Å². The Labute approximate surface area is 111 Å². The molecule has 0 heterocycles. The van der Waals surface area contributed by atoms with Gasteiger partial charge in [0.15, 0.2) is 0 Å². The van der Waals surface area contributed by atoms with Crippen LogP contribution in [0.15, 0.2) is 18.2 Å². The molecule has 1 aromatic rings. The largest absolute Gasteiger partial charge is 0.376 e. The molecule has 1 aliphatic rings. The van der Waals surface area contributed by atoms with Crippen molar-refractivity contribution in [3.05, 3.63) is 34.1 Å². The van der Waals surface area contributed by atoms with E-state index in [1.807, 2.05) is 0 Å². The van der Waals surface area contributed by atoms with Gasteiger partial charge >= 0.3 is 0 Å². The monoisotopic (exact) mass is 267 g/mol. The first kappa shape index (κ1) is 13.7. The van der Waals surface area contributed by atoms with Gasteiger partial charge in [0, 0.05) is 6.04 Å². The summed E-state index contributed by atoms with van der Waals surface area (Å²) < 4.78 is 13.1. The van der Waals surface area contributed by atoms with Crippen LogP contribution >= 0.6 is 0 Å². The smallest absolute Gasteiger partial charge is 0.295 e. The highest BCUT2D eigenvalue weighted by molar-refractivity contribution is 5.61. The SMILES string of the molecule is NCC1CCCCC1Nc1ccc(F)cc1[N+](=O)[O-]. The van der Waals surface area contributed by atoms with Crippen LogP contribution in [-0.4, -0.2) is 17.5 Å². The fourth-order valence-corrected chi connectivity index (χ4v) is 2.66. The van der Waals surface area contributed by atoms with Crippen molar-refractivity contribution >= 4 is 11.4 Å². The molecule has 104 valence electrons. The van der Waals surface area contributed by atoms with Gasteiger partial charge in [-0.1, -0.05) is 12.8 Å². The molecule has 0 saturated heterocycles. The van der Waals surface area contributed by atoms with Crippen molar-refractivity contribution in [2.45, 2.75) is 31.7 Å². The molecule has 2 rings (SSSR count). The highest BCUT2D eigenvalue weighted by Gasteiger charge is 2.26. The van der Waals surface area contributed by atoms with E-state index in [1.54, 1.807) is 0 Å². The van der Waals surface area contributed by atoms with Gasteiger partial charge in [-0.2, -0.15) is 0 Å². The normalized spacial score (nSPS) is 23.1. The zero-order chi connectivity index (χ0) is 13.8. The van der Waals surface area contributed by atoms with Crippen LogP contribution in [0, 0.1) is 21.8 Å². The summed E-state index contributed by atoms with van der Waals surface area (Å²) in [7, 11) is 0. The molecule has 0 aliphatic heterocycles.